The number of ether oxygens (including phenoxy) is 4. The topological polar surface area (TPSA) is 87.1 Å². The van der Waals surface area contributed by atoms with E-state index in [1.54, 1.807) is 14.0 Å². The molecular weight excluding hydrogens is 278 g/mol. The van der Waals surface area contributed by atoms with E-state index >= 15 is 0 Å². The van der Waals surface area contributed by atoms with E-state index in [-0.39, 0.29) is 11.4 Å². The van der Waals surface area contributed by atoms with Gasteiger partial charge in [-0.2, -0.15) is 0 Å². The van der Waals surface area contributed by atoms with Gasteiger partial charge in [-0.25, -0.2) is 9.78 Å². The van der Waals surface area contributed by atoms with E-state index in [2.05, 4.69) is 4.98 Å². The van der Waals surface area contributed by atoms with Gasteiger partial charge in [0.25, 0.3) is 0 Å². The molecule has 0 aliphatic rings. The maximum atomic E-state index is 10.9. The van der Waals surface area contributed by atoms with Crippen LogP contribution in [0.1, 0.15) is 16.1 Å². The quantitative estimate of drug-likeness (QED) is 0.613. The lowest BCUT2D eigenvalue weighted by Gasteiger charge is -2.08. The molecule has 1 rings (SSSR count). The first-order valence-electron chi connectivity index (χ1n) is 6.62. The van der Waals surface area contributed by atoms with Gasteiger partial charge in [-0.1, -0.05) is 0 Å². The second-order valence-electron chi connectivity index (χ2n) is 4.21. The fraction of sp³-hybridized carbons (Fsp3) is 0.571. The Morgan fingerprint density at radius 3 is 2.33 bits per heavy atom. The number of carboxylic acids is 1. The Bertz CT molecular complexity index is 437. The average Bonchev–Trinajstić information content (AvgIpc) is 2.45. The molecule has 0 radical (unpaired) electrons. The van der Waals surface area contributed by atoms with E-state index in [0.29, 0.717) is 45.3 Å². The first-order valence-corrected chi connectivity index (χ1v) is 6.62. The third-order valence-electron chi connectivity index (χ3n) is 2.46. The third kappa shape index (κ3) is 7.60. The van der Waals surface area contributed by atoms with Crippen molar-refractivity contribution in [3.8, 4) is 5.88 Å². The molecule has 0 atom stereocenters. The first kappa shape index (κ1) is 17.4. The van der Waals surface area contributed by atoms with E-state index in [1.807, 2.05) is 0 Å². The number of aromatic carboxylic acids is 1. The van der Waals surface area contributed by atoms with Crippen LogP contribution in [-0.2, 0) is 14.2 Å². The van der Waals surface area contributed by atoms with Crippen LogP contribution >= 0.6 is 0 Å². The van der Waals surface area contributed by atoms with Gasteiger partial charge in [0.05, 0.1) is 38.6 Å². The molecule has 0 saturated heterocycles. The van der Waals surface area contributed by atoms with E-state index in [1.165, 1.54) is 12.1 Å². The first-order chi connectivity index (χ1) is 10.1. The van der Waals surface area contributed by atoms with Crippen LogP contribution < -0.4 is 4.74 Å². The van der Waals surface area contributed by atoms with E-state index in [0.717, 1.165) is 0 Å². The van der Waals surface area contributed by atoms with Crippen LogP contribution in [0.3, 0.4) is 0 Å². The summed E-state index contributed by atoms with van der Waals surface area (Å²) in [6.07, 6.45) is 0. The zero-order valence-corrected chi connectivity index (χ0v) is 12.3. The molecule has 0 aromatic carbocycles. The summed E-state index contributed by atoms with van der Waals surface area (Å²) in [7, 11) is 1.62. The van der Waals surface area contributed by atoms with Gasteiger partial charge >= 0.3 is 5.97 Å². The van der Waals surface area contributed by atoms with Crippen molar-refractivity contribution in [2.75, 3.05) is 46.8 Å². The zero-order valence-electron chi connectivity index (χ0n) is 12.3. The molecule has 0 saturated carbocycles. The van der Waals surface area contributed by atoms with Gasteiger partial charge in [0.1, 0.15) is 6.61 Å². The molecule has 0 amide bonds. The maximum Gasteiger partial charge on any atom is 0.335 e. The number of aryl methyl sites for hydroxylation is 1. The molecule has 0 unspecified atom stereocenters. The van der Waals surface area contributed by atoms with E-state index in [9.17, 15) is 4.79 Å². The van der Waals surface area contributed by atoms with Crippen LogP contribution in [0, 0.1) is 6.92 Å². The number of aromatic nitrogens is 1. The second-order valence-corrected chi connectivity index (χ2v) is 4.21. The van der Waals surface area contributed by atoms with Crippen molar-refractivity contribution in [1.29, 1.82) is 0 Å². The van der Waals surface area contributed by atoms with E-state index in [4.69, 9.17) is 24.1 Å². The van der Waals surface area contributed by atoms with Crippen molar-refractivity contribution in [1.82, 2.24) is 4.98 Å². The molecule has 1 aromatic heterocycles. The third-order valence-corrected chi connectivity index (χ3v) is 2.46. The number of methoxy groups -OCH3 is 1. The molecule has 0 bridgehead atoms. The molecule has 7 nitrogen and oxygen atoms in total. The number of carboxylic acid groups (broad SMARTS) is 1. The highest BCUT2D eigenvalue weighted by molar-refractivity contribution is 5.87. The van der Waals surface area contributed by atoms with Crippen molar-refractivity contribution in [3.63, 3.8) is 0 Å². The fourth-order valence-electron chi connectivity index (χ4n) is 1.50. The predicted octanol–water partition coefficient (Wildman–Crippen LogP) is 1.15. The van der Waals surface area contributed by atoms with Gasteiger partial charge in [-0.3, -0.25) is 0 Å². The van der Waals surface area contributed by atoms with Gasteiger partial charge < -0.3 is 24.1 Å². The Morgan fingerprint density at radius 2 is 1.71 bits per heavy atom. The molecule has 0 aliphatic carbocycles. The number of nitrogens with zero attached hydrogens (tertiary/aromatic N) is 1. The molecule has 0 fully saturated rings. The van der Waals surface area contributed by atoms with Gasteiger partial charge in [-0.15, -0.1) is 0 Å². The summed E-state index contributed by atoms with van der Waals surface area (Å²) in [6, 6.07) is 2.88. The number of hydrogen-bond donors (Lipinski definition) is 1. The van der Waals surface area contributed by atoms with Crippen LogP contribution in [0.2, 0.25) is 0 Å². The summed E-state index contributed by atoms with van der Waals surface area (Å²) in [6.45, 7) is 4.46. The Labute approximate surface area is 123 Å². The lowest BCUT2D eigenvalue weighted by Crippen LogP contribution is -2.13. The molecule has 1 heterocycles. The van der Waals surface area contributed by atoms with Crippen molar-refractivity contribution in [2.24, 2.45) is 0 Å². The Morgan fingerprint density at radius 1 is 1.10 bits per heavy atom. The summed E-state index contributed by atoms with van der Waals surface area (Å²) in [5, 5.41) is 8.93. The number of carbonyl (C=O) groups is 1. The molecule has 0 spiro atoms. The molecular formula is C14H21NO6. The Kier molecular flexibility index (Phi) is 8.34. The summed E-state index contributed by atoms with van der Waals surface area (Å²) in [4.78, 5) is 15.0. The van der Waals surface area contributed by atoms with Crippen molar-refractivity contribution < 1.29 is 28.8 Å². The lowest BCUT2D eigenvalue weighted by atomic mass is 10.2. The van der Waals surface area contributed by atoms with E-state index < -0.39 is 5.97 Å². The molecule has 1 aromatic rings. The van der Waals surface area contributed by atoms with Gasteiger partial charge in [0.15, 0.2) is 0 Å². The minimum Gasteiger partial charge on any atom is -0.478 e. The summed E-state index contributed by atoms with van der Waals surface area (Å²) in [5.41, 5.74) is 0.752. The molecule has 21 heavy (non-hydrogen) atoms. The Balaban J connectivity index is 2.17. The minimum absolute atomic E-state index is 0.157. The highest BCUT2D eigenvalue weighted by Crippen LogP contribution is 2.12. The SMILES string of the molecule is COCCOCCOCCOc1cc(C(=O)O)cc(C)n1. The normalized spacial score (nSPS) is 10.6. The monoisotopic (exact) mass is 299 g/mol. The minimum atomic E-state index is -1.00. The van der Waals surface area contributed by atoms with Crippen molar-refractivity contribution >= 4 is 5.97 Å². The Hall–Kier alpha value is -1.70. The van der Waals surface area contributed by atoms with Gasteiger partial charge in [0, 0.05) is 18.9 Å². The smallest absolute Gasteiger partial charge is 0.335 e. The standard InChI is InChI=1S/C14H21NO6/c1-11-9-12(14(16)17)10-13(15-11)21-8-7-20-6-5-19-4-3-18-2/h9-10H,3-8H2,1-2H3,(H,16,17). The van der Waals surface area contributed by atoms with Gasteiger partial charge in [-0.05, 0) is 13.0 Å². The maximum absolute atomic E-state index is 10.9. The lowest BCUT2D eigenvalue weighted by molar-refractivity contribution is 0.0176. The highest BCUT2D eigenvalue weighted by atomic mass is 16.6. The van der Waals surface area contributed by atoms with Crippen molar-refractivity contribution in [3.05, 3.63) is 23.4 Å². The number of pyridine rings is 1. The summed E-state index contributed by atoms with van der Waals surface area (Å²) in [5.74, 6) is -0.720. The molecule has 1 N–H and O–H groups in total. The number of rotatable bonds is 11. The van der Waals surface area contributed by atoms with Crippen LogP contribution in [0.4, 0.5) is 0 Å². The zero-order chi connectivity index (χ0) is 15.5. The van der Waals surface area contributed by atoms with Crippen LogP contribution in [0.25, 0.3) is 0 Å². The fourth-order valence-corrected chi connectivity index (χ4v) is 1.50. The largest absolute Gasteiger partial charge is 0.478 e. The van der Waals surface area contributed by atoms with Crippen LogP contribution in [0.5, 0.6) is 5.88 Å². The highest BCUT2D eigenvalue weighted by Gasteiger charge is 2.07. The average molecular weight is 299 g/mol. The van der Waals surface area contributed by atoms with Crippen LogP contribution in [0.15, 0.2) is 12.1 Å². The molecule has 118 valence electrons. The predicted molar refractivity (Wildman–Crippen MR) is 74.9 cm³/mol. The number of hydrogen-bond acceptors (Lipinski definition) is 6. The second kappa shape index (κ2) is 10.1. The summed E-state index contributed by atoms with van der Waals surface area (Å²) < 4.78 is 20.7. The molecule has 0 aliphatic heterocycles. The van der Waals surface area contributed by atoms with Crippen molar-refractivity contribution in [2.45, 2.75) is 6.92 Å². The summed E-state index contributed by atoms with van der Waals surface area (Å²) >= 11 is 0. The van der Waals surface area contributed by atoms with Gasteiger partial charge in [0.2, 0.25) is 5.88 Å². The molecule has 7 heteroatoms. The van der Waals surface area contributed by atoms with Crippen LogP contribution in [-0.4, -0.2) is 62.8 Å².